The standard InChI is InChI=1S/C14H15NO2/c1-2-17-10-5-6-12-11(7-10)14(16)8-13(15-12)9-3-4-9/h5-9H,2-4H2,1H3,(H,15,16). The average Bonchev–Trinajstić information content (AvgIpc) is 3.14. The molecule has 1 saturated carbocycles. The second-order valence-corrected chi connectivity index (χ2v) is 4.50. The van der Waals surface area contributed by atoms with Gasteiger partial charge in [-0.05, 0) is 43.9 Å². The Morgan fingerprint density at radius 1 is 1.35 bits per heavy atom. The van der Waals surface area contributed by atoms with E-state index in [0.717, 1.165) is 17.0 Å². The lowest BCUT2D eigenvalue weighted by atomic mass is 10.1. The number of benzene rings is 1. The number of pyridine rings is 1. The van der Waals surface area contributed by atoms with Gasteiger partial charge in [0.1, 0.15) is 5.75 Å². The highest BCUT2D eigenvalue weighted by Crippen LogP contribution is 2.38. The normalized spacial score (nSPS) is 15.1. The smallest absolute Gasteiger partial charge is 0.189 e. The zero-order valence-electron chi connectivity index (χ0n) is 9.82. The second-order valence-electron chi connectivity index (χ2n) is 4.50. The van der Waals surface area contributed by atoms with Crippen LogP contribution in [0.2, 0.25) is 0 Å². The van der Waals surface area contributed by atoms with Crippen LogP contribution in [0.1, 0.15) is 31.4 Å². The molecular formula is C14H15NO2. The van der Waals surface area contributed by atoms with Crippen molar-refractivity contribution in [2.24, 2.45) is 0 Å². The van der Waals surface area contributed by atoms with Gasteiger partial charge in [0, 0.05) is 22.7 Å². The lowest BCUT2D eigenvalue weighted by Gasteiger charge is -2.06. The first-order chi connectivity index (χ1) is 8.28. The summed E-state index contributed by atoms with van der Waals surface area (Å²) in [6, 6.07) is 7.37. The van der Waals surface area contributed by atoms with E-state index in [9.17, 15) is 4.79 Å². The molecule has 17 heavy (non-hydrogen) atoms. The number of nitrogens with one attached hydrogen (secondary N) is 1. The van der Waals surface area contributed by atoms with Crippen LogP contribution in [0.4, 0.5) is 0 Å². The van der Waals surface area contributed by atoms with Gasteiger partial charge in [-0.2, -0.15) is 0 Å². The Balaban J connectivity index is 2.14. The first-order valence-electron chi connectivity index (χ1n) is 6.07. The number of H-pyrrole nitrogens is 1. The Kier molecular flexibility index (Phi) is 2.39. The number of fused-ring (bicyclic) bond motifs is 1. The molecule has 1 aliphatic carbocycles. The molecule has 1 fully saturated rings. The van der Waals surface area contributed by atoms with Crippen LogP contribution in [0.5, 0.6) is 5.75 Å². The van der Waals surface area contributed by atoms with E-state index in [1.54, 1.807) is 6.07 Å². The van der Waals surface area contributed by atoms with Crippen molar-refractivity contribution in [3.8, 4) is 5.75 Å². The molecule has 3 nitrogen and oxygen atoms in total. The predicted octanol–water partition coefficient (Wildman–Crippen LogP) is 2.80. The fourth-order valence-electron chi connectivity index (χ4n) is 2.12. The minimum Gasteiger partial charge on any atom is -0.494 e. The van der Waals surface area contributed by atoms with Gasteiger partial charge in [-0.3, -0.25) is 4.79 Å². The number of aromatic nitrogens is 1. The molecule has 0 unspecified atom stereocenters. The predicted molar refractivity (Wildman–Crippen MR) is 67.7 cm³/mol. The third kappa shape index (κ3) is 1.93. The minimum absolute atomic E-state index is 0.0854. The SMILES string of the molecule is CCOc1ccc2[nH]c(C3CC3)cc(=O)c2c1. The maximum absolute atomic E-state index is 12.0. The number of hydrogen-bond acceptors (Lipinski definition) is 2. The number of ether oxygens (including phenoxy) is 1. The van der Waals surface area contributed by atoms with Crippen LogP contribution in [0, 0.1) is 0 Å². The van der Waals surface area contributed by atoms with Gasteiger partial charge in [0.05, 0.1) is 6.61 Å². The van der Waals surface area contributed by atoms with Crippen molar-refractivity contribution in [2.75, 3.05) is 6.61 Å². The van der Waals surface area contributed by atoms with E-state index in [2.05, 4.69) is 4.98 Å². The van der Waals surface area contributed by atoms with Crippen LogP contribution in [0.15, 0.2) is 29.1 Å². The monoisotopic (exact) mass is 229 g/mol. The summed E-state index contributed by atoms with van der Waals surface area (Å²) < 4.78 is 5.41. The number of rotatable bonds is 3. The van der Waals surface area contributed by atoms with E-state index in [1.807, 2.05) is 25.1 Å². The lowest BCUT2D eigenvalue weighted by Crippen LogP contribution is -2.05. The molecule has 1 aromatic heterocycles. The van der Waals surface area contributed by atoms with Gasteiger partial charge in [-0.15, -0.1) is 0 Å². The molecule has 0 amide bonds. The lowest BCUT2D eigenvalue weighted by molar-refractivity contribution is 0.340. The van der Waals surface area contributed by atoms with Gasteiger partial charge in [0.2, 0.25) is 0 Å². The van der Waals surface area contributed by atoms with Crippen LogP contribution in [0.3, 0.4) is 0 Å². The van der Waals surface area contributed by atoms with Gasteiger partial charge in [-0.1, -0.05) is 0 Å². The number of hydrogen-bond donors (Lipinski definition) is 1. The Bertz CT molecular complexity index is 611. The van der Waals surface area contributed by atoms with Crippen molar-refractivity contribution in [1.29, 1.82) is 0 Å². The topological polar surface area (TPSA) is 42.1 Å². The van der Waals surface area contributed by atoms with Crippen molar-refractivity contribution < 1.29 is 4.74 Å². The highest BCUT2D eigenvalue weighted by atomic mass is 16.5. The second kappa shape index (κ2) is 3.91. The van der Waals surface area contributed by atoms with Crippen molar-refractivity contribution in [3.63, 3.8) is 0 Å². The van der Waals surface area contributed by atoms with Gasteiger partial charge < -0.3 is 9.72 Å². The third-order valence-corrected chi connectivity index (χ3v) is 3.15. The Labute approximate surface area is 99.4 Å². The molecule has 0 saturated heterocycles. The van der Waals surface area contributed by atoms with Crippen LogP contribution in [-0.4, -0.2) is 11.6 Å². The molecule has 0 bridgehead atoms. The largest absolute Gasteiger partial charge is 0.494 e. The summed E-state index contributed by atoms with van der Waals surface area (Å²) >= 11 is 0. The van der Waals surface area contributed by atoms with E-state index in [0.29, 0.717) is 17.9 Å². The van der Waals surface area contributed by atoms with Crippen LogP contribution < -0.4 is 10.2 Å². The molecule has 0 spiro atoms. The Morgan fingerprint density at radius 3 is 2.88 bits per heavy atom. The summed E-state index contributed by atoms with van der Waals surface area (Å²) in [5, 5.41) is 0.709. The van der Waals surface area contributed by atoms with Gasteiger partial charge in [0.15, 0.2) is 5.43 Å². The molecular weight excluding hydrogens is 214 g/mol. The van der Waals surface area contributed by atoms with Crippen molar-refractivity contribution >= 4 is 10.9 Å². The molecule has 2 aromatic rings. The van der Waals surface area contributed by atoms with Crippen molar-refractivity contribution in [3.05, 3.63) is 40.2 Å². The van der Waals surface area contributed by atoms with Gasteiger partial charge in [-0.25, -0.2) is 0 Å². The van der Waals surface area contributed by atoms with Crippen molar-refractivity contribution in [1.82, 2.24) is 4.98 Å². The van der Waals surface area contributed by atoms with Crippen molar-refractivity contribution in [2.45, 2.75) is 25.7 Å². The maximum atomic E-state index is 12.0. The van der Waals surface area contributed by atoms with Crippen LogP contribution >= 0.6 is 0 Å². The Morgan fingerprint density at radius 2 is 2.18 bits per heavy atom. The van der Waals surface area contributed by atoms with E-state index in [1.165, 1.54) is 12.8 Å². The number of aromatic amines is 1. The molecule has 1 N–H and O–H groups in total. The van der Waals surface area contributed by atoms with E-state index >= 15 is 0 Å². The van der Waals surface area contributed by atoms with Gasteiger partial charge >= 0.3 is 0 Å². The Hall–Kier alpha value is -1.77. The van der Waals surface area contributed by atoms with E-state index in [-0.39, 0.29) is 5.43 Å². The molecule has 1 heterocycles. The molecule has 88 valence electrons. The summed E-state index contributed by atoms with van der Waals surface area (Å²) in [5.74, 6) is 1.32. The molecule has 1 aliphatic rings. The van der Waals surface area contributed by atoms with Crippen LogP contribution in [0.25, 0.3) is 10.9 Å². The quantitative estimate of drug-likeness (QED) is 0.879. The third-order valence-electron chi connectivity index (χ3n) is 3.15. The average molecular weight is 229 g/mol. The fraction of sp³-hybridized carbons (Fsp3) is 0.357. The molecule has 0 radical (unpaired) electrons. The summed E-state index contributed by atoms with van der Waals surface area (Å²) in [6.45, 7) is 2.55. The molecule has 1 aromatic carbocycles. The van der Waals surface area contributed by atoms with E-state index < -0.39 is 0 Å². The van der Waals surface area contributed by atoms with Gasteiger partial charge in [0.25, 0.3) is 0 Å². The molecule has 3 rings (SSSR count). The minimum atomic E-state index is 0.0854. The zero-order valence-corrected chi connectivity index (χ0v) is 9.82. The van der Waals surface area contributed by atoms with E-state index in [4.69, 9.17) is 4.74 Å². The zero-order chi connectivity index (χ0) is 11.8. The summed E-state index contributed by atoms with van der Waals surface area (Å²) in [5.41, 5.74) is 2.07. The first kappa shape index (κ1) is 10.4. The summed E-state index contributed by atoms with van der Waals surface area (Å²) in [6.07, 6.45) is 2.39. The first-order valence-corrected chi connectivity index (χ1v) is 6.07. The molecule has 0 aliphatic heterocycles. The highest BCUT2D eigenvalue weighted by Gasteiger charge is 2.24. The molecule has 3 heteroatoms. The maximum Gasteiger partial charge on any atom is 0.189 e. The molecule has 0 atom stereocenters. The summed E-state index contributed by atoms with van der Waals surface area (Å²) in [4.78, 5) is 15.4. The summed E-state index contributed by atoms with van der Waals surface area (Å²) in [7, 11) is 0. The highest BCUT2D eigenvalue weighted by molar-refractivity contribution is 5.80. The van der Waals surface area contributed by atoms with Crippen LogP contribution in [-0.2, 0) is 0 Å². The fourth-order valence-corrected chi connectivity index (χ4v) is 2.12.